The Hall–Kier alpha value is -2.57. The smallest absolute Gasteiger partial charge is 0.326 e. The largest absolute Gasteiger partial charge is 0.496 e. The Kier molecular flexibility index (Phi) is 4.98. The molecule has 2 rings (SSSR count). The molecule has 3 N–H and O–H groups in total. The topological polar surface area (TPSA) is 105 Å². The Bertz CT molecular complexity index is 587. The summed E-state index contributed by atoms with van der Waals surface area (Å²) in [5.74, 6) is -1.24. The van der Waals surface area contributed by atoms with E-state index in [0.29, 0.717) is 17.7 Å². The van der Waals surface area contributed by atoms with E-state index in [9.17, 15) is 19.5 Å². The van der Waals surface area contributed by atoms with E-state index in [1.807, 2.05) is 0 Å². The van der Waals surface area contributed by atoms with Gasteiger partial charge in [0.25, 0.3) is 0 Å². The van der Waals surface area contributed by atoms with E-state index >= 15 is 0 Å². The summed E-state index contributed by atoms with van der Waals surface area (Å²) < 4.78 is 5.18. The third-order valence-corrected chi connectivity index (χ3v) is 3.54. The lowest BCUT2D eigenvalue weighted by Gasteiger charge is -2.18. The summed E-state index contributed by atoms with van der Waals surface area (Å²) in [5, 5.41) is 14.3. The Morgan fingerprint density at radius 2 is 2.18 bits per heavy atom. The molecule has 0 saturated carbocycles. The van der Waals surface area contributed by atoms with E-state index < -0.39 is 24.0 Å². The summed E-state index contributed by atoms with van der Waals surface area (Å²) in [7, 11) is 1.50. The van der Waals surface area contributed by atoms with Gasteiger partial charge in [-0.3, -0.25) is 9.59 Å². The van der Waals surface area contributed by atoms with Crippen molar-refractivity contribution in [3.63, 3.8) is 0 Å². The fraction of sp³-hybridized carbons (Fsp3) is 0.400. The molecule has 22 heavy (non-hydrogen) atoms. The second-order valence-corrected chi connectivity index (χ2v) is 5.07. The number of nitrogens with one attached hydrogen (secondary N) is 2. The molecule has 0 unspecified atom stereocenters. The lowest BCUT2D eigenvalue weighted by Crippen LogP contribution is -2.49. The van der Waals surface area contributed by atoms with Crippen molar-refractivity contribution in [2.75, 3.05) is 7.11 Å². The number of hydrogen-bond acceptors (Lipinski definition) is 4. The lowest BCUT2D eigenvalue weighted by molar-refractivity contribution is -0.142. The van der Waals surface area contributed by atoms with Crippen LogP contribution in [0.1, 0.15) is 18.4 Å². The van der Waals surface area contributed by atoms with Gasteiger partial charge < -0.3 is 20.5 Å². The van der Waals surface area contributed by atoms with Crippen LogP contribution in [0, 0.1) is 0 Å². The molecule has 2 atom stereocenters. The first-order valence-corrected chi connectivity index (χ1v) is 6.95. The van der Waals surface area contributed by atoms with Crippen molar-refractivity contribution in [2.24, 2.45) is 0 Å². The fourth-order valence-corrected chi connectivity index (χ4v) is 2.37. The number of hydrogen-bond donors (Lipinski definition) is 3. The molecule has 1 heterocycles. The Labute approximate surface area is 127 Å². The minimum Gasteiger partial charge on any atom is -0.496 e. The number of carboxylic acid groups (broad SMARTS) is 1. The summed E-state index contributed by atoms with van der Waals surface area (Å²) in [6.07, 6.45) is 0.764. The number of amides is 2. The number of para-hydroxylation sites is 1. The van der Waals surface area contributed by atoms with Crippen molar-refractivity contribution in [2.45, 2.75) is 31.3 Å². The molecule has 1 fully saturated rings. The summed E-state index contributed by atoms with van der Waals surface area (Å²) in [5.41, 5.74) is 0.688. The zero-order valence-electron chi connectivity index (χ0n) is 12.2. The van der Waals surface area contributed by atoms with Crippen LogP contribution in [0.15, 0.2) is 24.3 Å². The molecule has 1 aromatic carbocycles. The minimum absolute atomic E-state index is 0.103. The van der Waals surface area contributed by atoms with Gasteiger partial charge in [0, 0.05) is 12.8 Å². The first-order valence-electron chi connectivity index (χ1n) is 6.95. The number of carboxylic acids is 1. The van der Waals surface area contributed by atoms with E-state index in [1.54, 1.807) is 24.3 Å². The van der Waals surface area contributed by atoms with Crippen molar-refractivity contribution >= 4 is 17.8 Å². The zero-order valence-corrected chi connectivity index (χ0v) is 12.2. The molecule has 0 bridgehead atoms. The van der Waals surface area contributed by atoms with Gasteiger partial charge in [0.1, 0.15) is 17.8 Å². The maximum absolute atomic E-state index is 12.0. The molecule has 1 aliphatic heterocycles. The highest BCUT2D eigenvalue weighted by Gasteiger charge is 2.30. The van der Waals surface area contributed by atoms with Crippen LogP contribution in [0.4, 0.5) is 0 Å². The molecule has 1 aliphatic rings. The Balaban J connectivity index is 2.05. The second kappa shape index (κ2) is 6.93. The second-order valence-electron chi connectivity index (χ2n) is 5.07. The van der Waals surface area contributed by atoms with Gasteiger partial charge in [0.2, 0.25) is 11.8 Å². The summed E-state index contributed by atoms with van der Waals surface area (Å²) in [6, 6.07) is 5.29. The Morgan fingerprint density at radius 1 is 1.45 bits per heavy atom. The average molecular weight is 306 g/mol. The lowest BCUT2D eigenvalue weighted by atomic mass is 10.0. The summed E-state index contributed by atoms with van der Waals surface area (Å²) in [4.78, 5) is 34.5. The minimum atomic E-state index is -1.14. The van der Waals surface area contributed by atoms with E-state index in [2.05, 4.69) is 10.6 Å². The fourth-order valence-electron chi connectivity index (χ4n) is 2.37. The van der Waals surface area contributed by atoms with E-state index in [-0.39, 0.29) is 18.7 Å². The van der Waals surface area contributed by atoms with Crippen molar-refractivity contribution in [3.8, 4) is 5.75 Å². The third-order valence-electron chi connectivity index (χ3n) is 3.54. The summed E-state index contributed by atoms with van der Waals surface area (Å²) in [6.45, 7) is 0. The van der Waals surface area contributed by atoms with Crippen LogP contribution in [-0.2, 0) is 20.8 Å². The Morgan fingerprint density at radius 3 is 2.77 bits per heavy atom. The predicted molar refractivity (Wildman–Crippen MR) is 77.4 cm³/mol. The van der Waals surface area contributed by atoms with Crippen molar-refractivity contribution in [1.29, 1.82) is 0 Å². The van der Waals surface area contributed by atoms with Crippen LogP contribution in [0.25, 0.3) is 0 Å². The third kappa shape index (κ3) is 3.75. The van der Waals surface area contributed by atoms with E-state index in [0.717, 1.165) is 0 Å². The number of ether oxygens (including phenoxy) is 1. The number of carbonyl (C=O) groups excluding carboxylic acids is 2. The summed E-state index contributed by atoms with van der Waals surface area (Å²) >= 11 is 0. The number of rotatable bonds is 6. The highest BCUT2D eigenvalue weighted by atomic mass is 16.5. The number of benzene rings is 1. The van der Waals surface area contributed by atoms with Gasteiger partial charge in [-0.1, -0.05) is 18.2 Å². The van der Waals surface area contributed by atoms with Crippen LogP contribution in [0.3, 0.4) is 0 Å². The first-order chi connectivity index (χ1) is 10.5. The first kappa shape index (κ1) is 15.8. The molecule has 2 amide bonds. The van der Waals surface area contributed by atoms with Crippen molar-refractivity contribution in [1.82, 2.24) is 10.6 Å². The van der Waals surface area contributed by atoms with Gasteiger partial charge >= 0.3 is 5.97 Å². The number of methoxy groups -OCH3 is 1. The van der Waals surface area contributed by atoms with Crippen LogP contribution >= 0.6 is 0 Å². The monoisotopic (exact) mass is 306 g/mol. The molecule has 7 nitrogen and oxygen atoms in total. The highest BCUT2D eigenvalue weighted by molar-refractivity contribution is 5.92. The van der Waals surface area contributed by atoms with Gasteiger partial charge in [-0.15, -0.1) is 0 Å². The SMILES string of the molecule is COc1ccccc1C[C@H](NC(=O)[C@H]1CCC(=O)N1)C(=O)O. The molecule has 0 spiro atoms. The van der Waals surface area contributed by atoms with Gasteiger partial charge in [-0.2, -0.15) is 0 Å². The molecular weight excluding hydrogens is 288 g/mol. The van der Waals surface area contributed by atoms with Gasteiger partial charge in [-0.05, 0) is 18.1 Å². The van der Waals surface area contributed by atoms with Gasteiger partial charge in [0.05, 0.1) is 7.11 Å². The molecule has 0 aliphatic carbocycles. The van der Waals surface area contributed by atoms with Crippen molar-refractivity contribution < 1.29 is 24.2 Å². The maximum atomic E-state index is 12.0. The van der Waals surface area contributed by atoms with Crippen LogP contribution in [0.5, 0.6) is 5.75 Å². The molecular formula is C15H18N2O5. The van der Waals surface area contributed by atoms with Crippen LogP contribution in [0.2, 0.25) is 0 Å². The number of carbonyl (C=O) groups is 3. The average Bonchev–Trinajstić information content (AvgIpc) is 2.93. The molecule has 7 heteroatoms. The quantitative estimate of drug-likeness (QED) is 0.690. The van der Waals surface area contributed by atoms with Crippen LogP contribution in [-0.4, -0.2) is 42.1 Å². The zero-order chi connectivity index (χ0) is 16.1. The van der Waals surface area contributed by atoms with Gasteiger partial charge in [-0.25, -0.2) is 4.79 Å². The molecule has 0 aromatic heterocycles. The maximum Gasteiger partial charge on any atom is 0.326 e. The molecule has 118 valence electrons. The highest BCUT2D eigenvalue weighted by Crippen LogP contribution is 2.19. The molecule has 0 radical (unpaired) electrons. The predicted octanol–water partition coefficient (Wildman–Crippen LogP) is 0.0857. The molecule has 1 aromatic rings. The normalized spacial score (nSPS) is 18.4. The van der Waals surface area contributed by atoms with E-state index in [4.69, 9.17) is 4.74 Å². The number of aliphatic carboxylic acids is 1. The van der Waals surface area contributed by atoms with Crippen molar-refractivity contribution in [3.05, 3.63) is 29.8 Å². The standard InChI is InChI=1S/C15H18N2O5/c1-22-12-5-3-2-4-9(12)8-11(15(20)21)17-14(19)10-6-7-13(18)16-10/h2-5,10-11H,6-8H2,1H3,(H,16,18)(H,17,19)(H,20,21)/t10-,11+/m1/s1. The van der Waals surface area contributed by atoms with Crippen LogP contribution < -0.4 is 15.4 Å². The van der Waals surface area contributed by atoms with Gasteiger partial charge in [0.15, 0.2) is 0 Å². The molecule has 1 saturated heterocycles. The van der Waals surface area contributed by atoms with E-state index in [1.165, 1.54) is 7.11 Å².